The molecule has 0 aromatic heterocycles. The number of nitrogens with zero attached hydrogens (tertiary/aromatic N) is 2. The smallest absolute Gasteiger partial charge is 0.410 e. The first-order valence-corrected chi connectivity index (χ1v) is 11.0. The van der Waals surface area contributed by atoms with E-state index in [2.05, 4.69) is 0 Å². The Kier molecular flexibility index (Phi) is 6.84. The largest absolute Gasteiger partial charge is 0.444 e. The van der Waals surface area contributed by atoms with E-state index >= 15 is 0 Å². The molecule has 6 nitrogen and oxygen atoms in total. The molecule has 2 fully saturated rings. The number of carbonyl (C=O) groups is 3. The van der Waals surface area contributed by atoms with Crippen LogP contribution in [0.5, 0.6) is 0 Å². The van der Waals surface area contributed by atoms with E-state index in [9.17, 15) is 14.4 Å². The maximum absolute atomic E-state index is 12.9. The number of rotatable bonds is 3. The average Bonchev–Trinajstić information content (AvgIpc) is 2.72. The molecule has 0 bridgehead atoms. The standard InChI is InChI=1S/C24H34N2O4/c1-17-5-7-18(8-6-17)21(27)19-9-13-25(14-10-19)22(28)20-11-15-26(16-12-20)23(29)30-24(2,3)4/h5-8,19-20H,9-16H2,1-4H3. The number of benzene rings is 1. The van der Waals surface area contributed by atoms with Gasteiger partial charge in [-0.25, -0.2) is 4.79 Å². The van der Waals surface area contributed by atoms with E-state index < -0.39 is 5.60 Å². The van der Waals surface area contributed by atoms with Gasteiger partial charge in [0.2, 0.25) is 5.91 Å². The molecule has 2 heterocycles. The Bertz CT molecular complexity index is 765. The number of likely N-dealkylation sites (tertiary alicyclic amines) is 2. The fourth-order valence-corrected chi connectivity index (χ4v) is 4.21. The maximum atomic E-state index is 12.9. The first-order chi connectivity index (χ1) is 14.1. The van der Waals surface area contributed by atoms with Gasteiger partial charge in [-0.1, -0.05) is 29.8 Å². The molecule has 30 heavy (non-hydrogen) atoms. The van der Waals surface area contributed by atoms with Crippen LogP contribution in [0, 0.1) is 18.8 Å². The minimum absolute atomic E-state index is 0.00854. The van der Waals surface area contributed by atoms with E-state index in [4.69, 9.17) is 4.74 Å². The first kappa shape index (κ1) is 22.3. The van der Waals surface area contributed by atoms with Crippen LogP contribution in [0.4, 0.5) is 4.79 Å². The second kappa shape index (κ2) is 9.19. The van der Waals surface area contributed by atoms with Gasteiger partial charge in [0.25, 0.3) is 0 Å². The van der Waals surface area contributed by atoms with E-state index in [0.717, 1.165) is 24.0 Å². The summed E-state index contributed by atoms with van der Waals surface area (Å²) in [5, 5.41) is 0. The van der Waals surface area contributed by atoms with Crippen molar-refractivity contribution in [1.29, 1.82) is 0 Å². The highest BCUT2D eigenvalue weighted by molar-refractivity contribution is 5.98. The van der Waals surface area contributed by atoms with Gasteiger partial charge < -0.3 is 14.5 Å². The predicted molar refractivity (Wildman–Crippen MR) is 115 cm³/mol. The molecular formula is C24H34N2O4. The minimum Gasteiger partial charge on any atom is -0.444 e. The lowest BCUT2D eigenvalue weighted by Crippen LogP contribution is -2.47. The average molecular weight is 415 g/mol. The number of hydrogen-bond acceptors (Lipinski definition) is 4. The fraction of sp³-hybridized carbons (Fsp3) is 0.625. The summed E-state index contributed by atoms with van der Waals surface area (Å²) in [5.74, 6) is 0.298. The molecule has 0 unspecified atom stereocenters. The van der Waals surface area contributed by atoms with E-state index in [1.54, 1.807) is 4.90 Å². The summed E-state index contributed by atoms with van der Waals surface area (Å²) in [6.45, 7) is 9.94. The zero-order valence-electron chi connectivity index (χ0n) is 18.6. The number of hydrogen-bond donors (Lipinski definition) is 0. The Morgan fingerprint density at radius 1 is 0.833 bits per heavy atom. The quantitative estimate of drug-likeness (QED) is 0.700. The molecule has 0 spiro atoms. The van der Waals surface area contributed by atoms with Gasteiger partial charge in [0.15, 0.2) is 5.78 Å². The molecule has 3 rings (SSSR count). The maximum Gasteiger partial charge on any atom is 0.410 e. The van der Waals surface area contributed by atoms with Crippen LogP contribution < -0.4 is 0 Å². The van der Waals surface area contributed by atoms with Crippen molar-refractivity contribution < 1.29 is 19.1 Å². The molecule has 2 aliphatic rings. The first-order valence-electron chi connectivity index (χ1n) is 11.0. The van der Waals surface area contributed by atoms with Gasteiger partial charge in [0, 0.05) is 43.6 Å². The van der Waals surface area contributed by atoms with Crippen LogP contribution in [0.2, 0.25) is 0 Å². The third-order valence-corrected chi connectivity index (χ3v) is 6.01. The molecule has 0 saturated carbocycles. The Balaban J connectivity index is 1.46. The molecule has 0 N–H and O–H groups in total. The lowest BCUT2D eigenvalue weighted by molar-refractivity contribution is -0.138. The lowest BCUT2D eigenvalue weighted by atomic mass is 9.87. The Hall–Kier alpha value is -2.37. The molecule has 2 aliphatic heterocycles. The van der Waals surface area contributed by atoms with E-state index in [1.807, 2.05) is 56.9 Å². The van der Waals surface area contributed by atoms with Gasteiger partial charge in [0.05, 0.1) is 0 Å². The number of carbonyl (C=O) groups excluding carboxylic acids is 3. The van der Waals surface area contributed by atoms with Crippen LogP contribution in [-0.2, 0) is 9.53 Å². The molecule has 1 aromatic rings. The van der Waals surface area contributed by atoms with Crippen LogP contribution in [-0.4, -0.2) is 59.4 Å². The van der Waals surface area contributed by atoms with E-state index in [-0.39, 0.29) is 29.6 Å². The normalized spacial score (nSPS) is 18.9. The Morgan fingerprint density at radius 3 is 1.87 bits per heavy atom. The molecule has 0 atom stereocenters. The van der Waals surface area contributed by atoms with Crippen LogP contribution in [0.1, 0.15) is 62.4 Å². The van der Waals surface area contributed by atoms with Crippen molar-refractivity contribution in [2.45, 2.75) is 59.0 Å². The van der Waals surface area contributed by atoms with E-state index in [1.165, 1.54) is 0 Å². The topological polar surface area (TPSA) is 66.9 Å². The summed E-state index contributed by atoms with van der Waals surface area (Å²) >= 11 is 0. The van der Waals surface area contributed by atoms with Crippen LogP contribution in [0.15, 0.2) is 24.3 Å². The molecule has 2 saturated heterocycles. The van der Waals surface area contributed by atoms with Gasteiger partial charge in [-0.05, 0) is 53.4 Å². The van der Waals surface area contributed by atoms with Gasteiger partial charge in [0.1, 0.15) is 5.60 Å². The molecule has 6 heteroatoms. The Morgan fingerprint density at radius 2 is 1.33 bits per heavy atom. The molecule has 2 amide bonds. The van der Waals surface area contributed by atoms with Gasteiger partial charge in [-0.3, -0.25) is 9.59 Å². The summed E-state index contributed by atoms with van der Waals surface area (Å²) in [6, 6.07) is 7.73. The van der Waals surface area contributed by atoms with Crippen molar-refractivity contribution in [2.24, 2.45) is 11.8 Å². The second-order valence-electron chi connectivity index (χ2n) is 9.57. The summed E-state index contributed by atoms with van der Waals surface area (Å²) in [4.78, 5) is 41.5. The number of ether oxygens (including phenoxy) is 1. The lowest BCUT2D eigenvalue weighted by Gasteiger charge is -2.37. The van der Waals surface area contributed by atoms with E-state index in [0.29, 0.717) is 39.0 Å². The van der Waals surface area contributed by atoms with Crippen LogP contribution >= 0.6 is 0 Å². The fourth-order valence-electron chi connectivity index (χ4n) is 4.21. The van der Waals surface area contributed by atoms with Gasteiger partial charge >= 0.3 is 6.09 Å². The molecular weight excluding hydrogens is 380 g/mol. The highest BCUT2D eigenvalue weighted by atomic mass is 16.6. The van der Waals surface area contributed by atoms with Crippen molar-refractivity contribution in [1.82, 2.24) is 9.80 Å². The predicted octanol–water partition coefficient (Wildman–Crippen LogP) is 4.06. The Labute approximate surface area is 179 Å². The van der Waals surface area contributed by atoms with Gasteiger partial charge in [-0.15, -0.1) is 0 Å². The van der Waals surface area contributed by atoms with Gasteiger partial charge in [-0.2, -0.15) is 0 Å². The van der Waals surface area contributed by atoms with Crippen LogP contribution in [0.3, 0.4) is 0 Å². The zero-order valence-corrected chi connectivity index (χ0v) is 18.6. The highest BCUT2D eigenvalue weighted by Crippen LogP contribution is 2.26. The van der Waals surface area contributed by atoms with Crippen molar-refractivity contribution >= 4 is 17.8 Å². The van der Waals surface area contributed by atoms with Crippen molar-refractivity contribution in [3.05, 3.63) is 35.4 Å². The van der Waals surface area contributed by atoms with Crippen molar-refractivity contribution in [2.75, 3.05) is 26.2 Å². The summed E-state index contributed by atoms with van der Waals surface area (Å²) in [7, 11) is 0. The van der Waals surface area contributed by atoms with Crippen molar-refractivity contribution in [3.63, 3.8) is 0 Å². The number of amides is 2. The minimum atomic E-state index is -0.510. The molecule has 1 aromatic carbocycles. The summed E-state index contributed by atoms with van der Waals surface area (Å²) < 4.78 is 5.43. The summed E-state index contributed by atoms with van der Waals surface area (Å²) in [6.07, 6.45) is 2.47. The monoisotopic (exact) mass is 414 g/mol. The van der Waals surface area contributed by atoms with Crippen LogP contribution in [0.25, 0.3) is 0 Å². The molecule has 0 aliphatic carbocycles. The zero-order chi connectivity index (χ0) is 21.9. The summed E-state index contributed by atoms with van der Waals surface area (Å²) in [5.41, 5.74) is 1.40. The number of Topliss-reactive ketones (excluding diaryl/α,β-unsaturated/α-hetero) is 1. The third-order valence-electron chi connectivity index (χ3n) is 6.01. The molecule has 0 radical (unpaired) electrons. The second-order valence-corrected chi connectivity index (χ2v) is 9.57. The third kappa shape index (κ3) is 5.61. The number of piperidine rings is 2. The highest BCUT2D eigenvalue weighted by Gasteiger charge is 2.34. The van der Waals surface area contributed by atoms with Crippen molar-refractivity contribution in [3.8, 4) is 0 Å². The number of aryl methyl sites for hydroxylation is 1. The molecule has 164 valence electrons. The SMILES string of the molecule is Cc1ccc(C(=O)C2CCN(C(=O)C3CCN(C(=O)OC(C)(C)C)CC3)CC2)cc1. The number of ketones is 1.